The Labute approximate surface area is 125 Å². The number of alkyl halides is 1. The topological polar surface area (TPSA) is 87.8 Å². The number of halogens is 1. The minimum atomic E-state index is -0.532. The fraction of sp³-hybridized carbons (Fsp3) is 0.286. The van der Waals surface area contributed by atoms with Gasteiger partial charge < -0.3 is 4.57 Å². The number of benzene rings is 1. The molecule has 2 heterocycles. The maximum absolute atomic E-state index is 12.1. The van der Waals surface area contributed by atoms with Crippen LogP contribution in [0.25, 0.3) is 11.0 Å². The molecule has 6 nitrogen and oxygen atoms in total. The van der Waals surface area contributed by atoms with Crippen molar-refractivity contribution in [1.29, 1.82) is 5.26 Å². The second kappa shape index (κ2) is 5.19. The van der Waals surface area contributed by atoms with Crippen LogP contribution in [0.4, 0.5) is 0 Å². The first-order valence-corrected chi connectivity index (χ1v) is 6.98. The van der Waals surface area contributed by atoms with Crippen LogP contribution in [0.1, 0.15) is 30.3 Å². The number of fused-ring (bicyclic) bond motifs is 1. The molecule has 1 N–H and O–H groups in total. The number of carbonyl (C=O) groups excluding carboxylic acids is 2. The van der Waals surface area contributed by atoms with Gasteiger partial charge in [-0.15, -0.1) is 11.6 Å². The molecule has 0 radical (unpaired) electrons. The van der Waals surface area contributed by atoms with Crippen molar-refractivity contribution >= 4 is 34.4 Å². The average Bonchev–Trinajstić information content (AvgIpc) is 2.85. The van der Waals surface area contributed by atoms with Crippen molar-refractivity contribution in [3.8, 4) is 6.07 Å². The van der Waals surface area contributed by atoms with Crippen LogP contribution in [0.15, 0.2) is 18.2 Å². The van der Waals surface area contributed by atoms with Crippen LogP contribution < -0.4 is 5.32 Å². The fourth-order valence-electron chi connectivity index (χ4n) is 2.63. The van der Waals surface area contributed by atoms with Gasteiger partial charge in [-0.1, -0.05) is 6.07 Å². The molecule has 7 heteroatoms. The third kappa shape index (κ3) is 2.16. The molecule has 1 fully saturated rings. The summed E-state index contributed by atoms with van der Waals surface area (Å²) in [7, 11) is 0. The first-order valence-electron chi connectivity index (χ1n) is 6.45. The molecule has 0 aliphatic carbocycles. The second-order valence-electron chi connectivity index (χ2n) is 4.78. The maximum Gasteiger partial charge on any atom is 0.249 e. The van der Waals surface area contributed by atoms with E-state index in [0.717, 1.165) is 0 Å². The van der Waals surface area contributed by atoms with Crippen LogP contribution in [0.2, 0.25) is 0 Å². The molecular formula is C14H11ClN4O2. The number of para-hydroxylation sites is 1. The molecule has 0 bridgehead atoms. The molecule has 0 saturated carbocycles. The molecule has 3 rings (SSSR count). The summed E-state index contributed by atoms with van der Waals surface area (Å²) in [4.78, 5) is 27.7. The Morgan fingerprint density at radius 1 is 1.48 bits per heavy atom. The van der Waals surface area contributed by atoms with Crippen LogP contribution in [-0.2, 0) is 15.5 Å². The van der Waals surface area contributed by atoms with Gasteiger partial charge in [0.05, 0.1) is 17.0 Å². The number of nitriles is 1. The third-order valence-electron chi connectivity index (χ3n) is 3.55. The number of imidazole rings is 1. The summed E-state index contributed by atoms with van der Waals surface area (Å²) in [6.45, 7) is 0. The number of imide groups is 1. The molecule has 1 unspecified atom stereocenters. The SMILES string of the molecule is N#Cc1cccc2c1nc(CCl)n2C1CCC(=O)NC1=O. The highest BCUT2D eigenvalue weighted by Crippen LogP contribution is 2.28. The number of piperidine rings is 1. The van der Waals surface area contributed by atoms with E-state index in [2.05, 4.69) is 16.4 Å². The van der Waals surface area contributed by atoms with E-state index in [-0.39, 0.29) is 24.1 Å². The molecule has 1 aliphatic heterocycles. The number of rotatable bonds is 2. The molecule has 21 heavy (non-hydrogen) atoms. The standard InChI is InChI=1S/C14H11ClN4O2/c15-6-11-17-13-8(7-16)2-1-3-9(13)19(11)10-4-5-12(20)18-14(10)21/h1-3,10H,4-6H2,(H,18,20,21). The minimum Gasteiger partial charge on any atom is -0.314 e. The Morgan fingerprint density at radius 3 is 2.95 bits per heavy atom. The minimum absolute atomic E-state index is 0.122. The van der Waals surface area contributed by atoms with Gasteiger partial charge in [-0.3, -0.25) is 14.9 Å². The summed E-state index contributed by atoms with van der Waals surface area (Å²) < 4.78 is 1.73. The van der Waals surface area contributed by atoms with Gasteiger partial charge >= 0.3 is 0 Å². The van der Waals surface area contributed by atoms with Crippen molar-refractivity contribution < 1.29 is 9.59 Å². The van der Waals surface area contributed by atoms with Gasteiger partial charge in [-0.05, 0) is 18.6 Å². The van der Waals surface area contributed by atoms with Crippen LogP contribution >= 0.6 is 11.6 Å². The average molecular weight is 303 g/mol. The van der Waals surface area contributed by atoms with Crippen LogP contribution in [-0.4, -0.2) is 21.4 Å². The maximum atomic E-state index is 12.1. The lowest BCUT2D eigenvalue weighted by Crippen LogP contribution is -2.42. The zero-order valence-corrected chi connectivity index (χ0v) is 11.7. The number of carbonyl (C=O) groups is 2. The summed E-state index contributed by atoms with van der Waals surface area (Å²) in [6, 6.07) is 6.75. The number of nitrogens with zero attached hydrogens (tertiary/aromatic N) is 3. The van der Waals surface area contributed by atoms with E-state index >= 15 is 0 Å². The largest absolute Gasteiger partial charge is 0.314 e. The van der Waals surface area contributed by atoms with Crippen LogP contribution in [0.5, 0.6) is 0 Å². The molecular weight excluding hydrogens is 292 g/mol. The van der Waals surface area contributed by atoms with Gasteiger partial charge in [0.1, 0.15) is 23.5 Å². The van der Waals surface area contributed by atoms with Crippen molar-refractivity contribution in [1.82, 2.24) is 14.9 Å². The highest BCUT2D eigenvalue weighted by atomic mass is 35.5. The molecule has 0 spiro atoms. The summed E-state index contributed by atoms with van der Waals surface area (Å²) in [6.07, 6.45) is 0.673. The Morgan fingerprint density at radius 2 is 2.29 bits per heavy atom. The van der Waals surface area contributed by atoms with Gasteiger partial charge in [-0.25, -0.2) is 4.98 Å². The summed E-state index contributed by atoms with van der Waals surface area (Å²) in [5.41, 5.74) is 1.64. The number of hydrogen-bond donors (Lipinski definition) is 1. The predicted octanol–water partition coefficient (Wildman–Crippen LogP) is 1.62. The molecule has 1 aromatic heterocycles. The van der Waals surface area contributed by atoms with E-state index in [1.54, 1.807) is 22.8 Å². The number of nitrogens with one attached hydrogen (secondary N) is 1. The van der Waals surface area contributed by atoms with Crippen LogP contribution in [0, 0.1) is 11.3 Å². The lowest BCUT2D eigenvalue weighted by atomic mass is 10.1. The Balaban J connectivity index is 2.20. The van der Waals surface area contributed by atoms with Crippen molar-refractivity contribution in [2.75, 3.05) is 0 Å². The highest BCUT2D eigenvalue weighted by molar-refractivity contribution is 6.17. The molecule has 1 atom stereocenters. The van der Waals surface area contributed by atoms with E-state index in [1.165, 1.54) is 0 Å². The summed E-state index contributed by atoms with van der Waals surface area (Å²) in [5.74, 6) is 0.00558. The summed E-state index contributed by atoms with van der Waals surface area (Å²) in [5, 5.41) is 11.5. The molecule has 2 amide bonds. The van der Waals surface area contributed by atoms with Gasteiger partial charge in [-0.2, -0.15) is 5.26 Å². The van der Waals surface area contributed by atoms with Crippen LogP contribution in [0.3, 0.4) is 0 Å². The Bertz CT molecular complexity index is 790. The molecule has 1 aliphatic rings. The van der Waals surface area contributed by atoms with Gasteiger partial charge in [0, 0.05) is 6.42 Å². The van der Waals surface area contributed by atoms with Gasteiger partial charge in [0.2, 0.25) is 11.8 Å². The van der Waals surface area contributed by atoms with Crippen molar-refractivity contribution in [2.45, 2.75) is 24.8 Å². The summed E-state index contributed by atoms with van der Waals surface area (Å²) >= 11 is 5.93. The van der Waals surface area contributed by atoms with Gasteiger partial charge in [0.25, 0.3) is 0 Å². The zero-order valence-electron chi connectivity index (χ0n) is 11.0. The number of hydrogen-bond acceptors (Lipinski definition) is 4. The second-order valence-corrected chi connectivity index (χ2v) is 5.05. The van der Waals surface area contributed by atoms with Crippen molar-refractivity contribution in [3.05, 3.63) is 29.6 Å². The highest BCUT2D eigenvalue weighted by Gasteiger charge is 2.31. The molecule has 2 aromatic rings. The van der Waals surface area contributed by atoms with E-state index < -0.39 is 6.04 Å². The van der Waals surface area contributed by atoms with Crippen molar-refractivity contribution in [3.63, 3.8) is 0 Å². The smallest absolute Gasteiger partial charge is 0.249 e. The normalized spacial score (nSPS) is 18.6. The number of amides is 2. The monoisotopic (exact) mass is 302 g/mol. The van der Waals surface area contributed by atoms with Crippen molar-refractivity contribution in [2.24, 2.45) is 0 Å². The predicted molar refractivity (Wildman–Crippen MR) is 75.4 cm³/mol. The Kier molecular flexibility index (Phi) is 3.35. The van der Waals surface area contributed by atoms with E-state index in [9.17, 15) is 9.59 Å². The number of aromatic nitrogens is 2. The molecule has 106 valence electrons. The van der Waals surface area contributed by atoms with E-state index in [0.29, 0.717) is 28.8 Å². The first-order chi connectivity index (χ1) is 10.2. The quantitative estimate of drug-likeness (QED) is 0.674. The zero-order chi connectivity index (χ0) is 15.0. The van der Waals surface area contributed by atoms with E-state index in [4.69, 9.17) is 16.9 Å². The lowest BCUT2D eigenvalue weighted by Gasteiger charge is -2.24. The lowest BCUT2D eigenvalue weighted by molar-refractivity contribution is -0.135. The van der Waals surface area contributed by atoms with Gasteiger partial charge in [0.15, 0.2) is 0 Å². The Hall–Kier alpha value is -2.39. The fourth-order valence-corrected chi connectivity index (χ4v) is 2.81. The molecule has 1 saturated heterocycles. The van der Waals surface area contributed by atoms with E-state index in [1.807, 2.05) is 0 Å². The molecule has 1 aromatic carbocycles. The first kappa shape index (κ1) is 13.6. The third-order valence-corrected chi connectivity index (χ3v) is 3.79.